The molecular weight excluding hydrogens is 132 g/mol. The van der Waals surface area contributed by atoms with Crippen LogP contribution in [0.1, 0.15) is 25.7 Å². The Hall–Kier alpha value is -0.150. The van der Waals surface area contributed by atoms with Crippen LogP contribution in [-0.4, -0.2) is 5.88 Å². The highest BCUT2D eigenvalue weighted by molar-refractivity contribution is 6.18. The molecule has 0 aromatic rings. The van der Waals surface area contributed by atoms with Crippen LogP contribution >= 0.6 is 11.6 Å². The Kier molecular flexibility index (Phi) is 2.03. The van der Waals surface area contributed by atoms with E-state index in [4.69, 9.17) is 18.0 Å². The van der Waals surface area contributed by atoms with E-state index in [0.717, 1.165) is 12.3 Å². The van der Waals surface area contributed by atoms with Gasteiger partial charge in [0.05, 0.1) is 0 Å². The van der Waals surface area contributed by atoms with Gasteiger partial charge in [0.1, 0.15) is 0 Å². The quantitative estimate of drug-likeness (QED) is 0.410. The minimum Gasteiger partial charge on any atom is -0.126 e. The van der Waals surface area contributed by atoms with Gasteiger partial charge in [0.25, 0.3) is 0 Å². The van der Waals surface area contributed by atoms with E-state index in [-0.39, 0.29) is 0 Å². The molecule has 0 spiro atoms. The standard InChI is InChI=1S/C8H11Cl/c1-2-4-8(7-9)5-3-6-8/h1H,3-7H2. The lowest BCUT2D eigenvalue weighted by Gasteiger charge is -2.38. The van der Waals surface area contributed by atoms with E-state index in [2.05, 4.69) is 5.92 Å². The minimum atomic E-state index is 0.344. The third kappa shape index (κ3) is 1.22. The molecule has 0 aromatic heterocycles. The Morgan fingerprint density at radius 1 is 1.56 bits per heavy atom. The number of terminal acetylenes is 1. The van der Waals surface area contributed by atoms with Gasteiger partial charge in [-0.25, -0.2) is 0 Å². The summed E-state index contributed by atoms with van der Waals surface area (Å²) in [5.41, 5.74) is 0.344. The highest BCUT2D eigenvalue weighted by atomic mass is 35.5. The topological polar surface area (TPSA) is 0 Å². The molecule has 0 nitrogen and oxygen atoms in total. The van der Waals surface area contributed by atoms with Crippen molar-refractivity contribution in [1.29, 1.82) is 0 Å². The summed E-state index contributed by atoms with van der Waals surface area (Å²) in [6.07, 6.45) is 9.85. The number of halogens is 1. The lowest BCUT2D eigenvalue weighted by atomic mass is 9.68. The largest absolute Gasteiger partial charge is 0.126 e. The van der Waals surface area contributed by atoms with Crippen molar-refractivity contribution in [3.05, 3.63) is 0 Å². The van der Waals surface area contributed by atoms with Crippen LogP contribution in [0.15, 0.2) is 0 Å². The predicted octanol–water partition coefficient (Wildman–Crippen LogP) is 2.42. The van der Waals surface area contributed by atoms with Gasteiger partial charge < -0.3 is 0 Å². The molecule has 0 heterocycles. The lowest BCUT2D eigenvalue weighted by Crippen LogP contribution is -2.30. The molecule has 9 heavy (non-hydrogen) atoms. The molecule has 0 radical (unpaired) electrons. The summed E-state index contributed by atoms with van der Waals surface area (Å²) < 4.78 is 0. The Morgan fingerprint density at radius 2 is 2.22 bits per heavy atom. The average molecular weight is 143 g/mol. The fraction of sp³-hybridized carbons (Fsp3) is 0.750. The first-order valence-corrected chi connectivity index (χ1v) is 3.86. The summed E-state index contributed by atoms with van der Waals surface area (Å²) >= 11 is 5.74. The van der Waals surface area contributed by atoms with Gasteiger partial charge in [0.15, 0.2) is 0 Å². The molecular formula is C8H11Cl. The Bertz CT molecular complexity index is 122. The number of hydrogen-bond donors (Lipinski definition) is 0. The van der Waals surface area contributed by atoms with Gasteiger partial charge in [-0.3, -0.25) is 0 Å². The molecule has 0 aliphatic heterocycles. The van der Waals surface area contributed by atoms with Crippen LogP contribution in [0.2, 0.25) is 0 Å². The van der Waals surface area contributed by atoms with Gasteiger partial charge in [0, 0.05) is 12.3 Å². The zero-order valence-corrected chi connectivity index (χ0v) is 6.25. The monoisotopic (exact) mass is 142 g/mol. The first-order chi connectivity index (χ1) is 4.33. The van der Waals surface area contributed by atoms with Crippen molar-refractivity contribution in [3.63, 3.8) is 0 Å². The first-order valence-electron chi connectivity index (χ1n) is 3.32. The molecule has 1 aliphatic rings. The Morgan fingerprint density at radius 3 is 2.33 bits per heavy atom. The number of alkyl halides is 1. The maximum atomic E-state index is 5.74. The lowest BCUT2D eigenvalue weighted by molar-refractivity contribution is 0.174. The van der Waals surface area contributed by atoms with Crippen molar-refractivity contribution in [2.24, 2.45) is 5.41 Å². The summed E-state index contributed by atoms with van der Waals surface area (Å²) in [4.78, 5) is 0. The maximum absolute atomic E-state index is 5.74. The maximum Gasteiger partial charge on any atom is 0.0289 e. The summed E-state index contributed by atoms with van der Waals surface area (Å²) in [6, 6.07) is 0. The number of hydrogen-bond acceptors (Lipinski definition) is 0. The zero-order chi connectivity index (χ0) is 6.74. The molecule has 0 saturated heterocycles. The molecule has 0 aromatic carbocycles. The second kappa shape index (κ2) is 2.62. The summed E-state index contributed by atoms with van der Waals surface area (Å²) in [7, 11) is 0. The van der Waals surface area contributed by atoms with E-state index < -0.39 is 0 Å². The summed E-state index contributed by atoms with van der Waals surface area (Å²) in [5, 5.41) is 0. The van der Waals surface area contributed by atoms with Gasteiger partial charge in [-0.1, -0.05) is 6.42 Å². The predicted molar refractivity (Wildman–Crippen MR) is 40.5 cm³/mol. The van der Waals surface area contributed by atoms with Crippen LogP contribution in [0.25, 0.3) is 0 Å². The highest BCUT2D eigenvalue weighted by Crippen LogP contribution is 2.44. The van der Waals surface area contributed by atoms with Gasteiger partial charge >= 0.3 is 0 Å². The third-order valence-corrected chi connectivity index (χ3v) is 2.74. The van der Waals surface area contributed by atoms with Crippen molar-refractivity contribution in [2.45, 2.75) is 25.7 Å². The van der Waals surface area contributed by atoms with Crippen molar-refractivity contribution >= 4 is 11.6 Å². The van der Waals surface area contributed by atoms with Crippen molar-refractivity contribution in [1.82, 2.24) is 0 Å². The molecule has 1 aliphatic carbocycles. The minimum absolute atomic E-state index is 0.344. The molecule has 1 heteroatoms. The Balaban J connectivity index is 2.39. The summed E-state index contributed by atoms with van der Waals surface area (Å²) in [6.45, 7) is 0. The highest BCUT2D eigenvalue weighted by Gasteiger charge is 2.34. The molecule has 50 valence electrons. The average Bonchev–Trinajstić information content (AvgIpc) is 1.79. The molecule has 1 saturated carbocycles. The van der Waals surface area contributed by atoms with Crippen molar-refractivity contribution in [2.75, 3.05) is 5.88 Å². The normalized spacial score (nSPS) is 22.2. The molecule has 1 rings (SSSR count). The second-order valence-electron chi connectivity index (χ2n) is 2.87. The molecule has 0 N–H and O–H groups in total. The van der Waals surface area contributed by atoms with E-state index >= 15 is 0 Å². The van der Waals surface area contributed by atoms with Gasteiger partial charge in [0.2, 0.25) is 0 Å². The zero-order valence-electron chi connectivity index (χ0n) is 5.49. The van der Waals surface area contributed by atoms with Crippen LogP contribution in [0.5, 0.6) is 0 Å². The fourth-order valence-corrected chi connectivity index (χ4v) is 1.61. The van der Waals surface area contributed by atoms with E-state index in [9.17, 15) is 0 Å². The van der Waals surface area contributed by atoms with E-state index in [1.54, 1.807) is 0 Å². The van der Waals surface area contributed by atoms with Crippen LogP contribution in [0.3, 0.4) is 0 Å². The van der Waals surface area contributed by atoms with Gasteiger partial charge in [-0.05, 0) is 18.3 Å². The van der Waals surface area contributed by atoms with E-state index in [1.807, 2.05) is 0 Å². The van der Waals surface area contributed by atoms with Gasteiger partial charge in [-0.2, -0.15) is 0 Å². The molecule has 1 fully saturated rings. The smallest absolute Gasteiger partial charge is 0.0289 e. The van der Waals surface area contributed by atoms with Crippen LogP contribution in [-0.2, 0) is 0 Å². The summed E-state index contributed by atoms with van der Waals surface area (Å²) in [5.74, 6) is 3.42. The van der Waals surface area contributed by atoms with Crippen LogP contribution < -0.4 is 0 Å². The number of rotatable bonds is 2. The molecule has 0 atom stereocenters. The van der Waals surface area contributed by atoms with Gasteiger partial charge in [-0.15, -0.1) is 23.9 Å². The van der Waals surface area contributed by atoms with E-state index in [0.29, 0.717) is 5.41 Å². The molecule has 0 bridgehead atoms. The second-order valence-corrected chi connectivity index (χ2v) is 3.14. The SMILES string of the molecule is C#CCC1(CCl)CCC1. The van der Waals surface area contributed by atoms with Crippen LogP contribution in [0.4, 0.5) is 0 Å². The first kappa shape index (κ1) is 6.96. The third-order valence-electron chi connectivity index (χ3n) is 2.17. The Labute approximate surface area is 61.6 Å². The van der Waals surface area contributed by atoms with Crippen LogP contribution in [0, 0.1) is 17.8 Å². The van der Waals surface area contributed by atoms with Crippen molar-refractivity contribution < 1.29 is 0 Å². The molecule has 0 unspecified atom stereocenters. The van der Waals surface area contributed by atoms with E-state index in [1.165, 1.54) is 19.3 Å². The van der Waals surface area contributed by atoms with Crippen molar-refractivity contribution in [3.8, 4) is 12.3 Å². The molecule has 0 amide bonds. The fourth-order valence-electron chi connectivity index (χ4n) is 1.25.